The predicted molar refractivity (Wildman–Crippen MR) is 167 cm³/mol. The Morgan fingerprint density at radius 1 is 0.976 bits per heavy atom. The van der Waals surface area contributed by atoms with Crippen molar-refractivity contribution < 1.29 is 14.7 Å². The first-order valence-electron chi connectivity index (χ1n) is 15.1. The number of carbonyl (C=O) groups is 2. The topological polar surface area (TPSA) is 82.0 Å². The zero-order valence-electron chi connectivity index (χ0n) is 24.1. The van der Waals surface area contributed by atoms with Crippen molar-refractivity contribution in [1.82, 2.24) is 4.90 Å². The standard InChI is InChI=1S/C34H39N3O3Si/c1-37(17-9-14-32(38)39)34(40)25-13-4-3-12-24(25)33-26-18-22-10-5-7-15-35-28(22)20-30(26)41(2)31-21-29-23(19-27(31)33)11-6-8-16-36-29/h3-4,12-13,18-21,35,41H,5-11,14-17H2,1-2H3,(H,38,39)/t41-/m0/s1. The number of carbonyl (C=O) groups excluding carboxylic acids is 1. The highest BCUT2D eigenvalue weighted by atomic mass is 28.3. The van der Waals surface area contributed by atoms with Crippen LogP contribution in [-0.4, -0.2) is 57.4 Å². The summed E-state index contributed by atoms with van der Waals surface area (Å²) >= 11 is 0. The first-order chi connectivity index (χ1) is 19.9. The van der Waals surface area contributed by atoms with Gasteiger partial charge in [0.05, 0.1) is 5.36 Å². The zero-order valence-corrected chi connectivity index (χ0v) is 25.3. The first-order valence-corrected chi connectivity index (χ1v) is 17.4. The molecule has 3 aromatic carbocycles. The molecular formula is C34H39N3O3Si. The number of aliphatic carboxylic acids is 1. The smallest absolute Gasteiger partial charge is 0.303 e. The fraction of sp³-hybridized carbons (Fsp3) is 0.382. The van der Waals surface area contributed by atoms with Crippen LogP contribution in [0, 0.1) is 0 Å². The van der Waals surface area contributed by atoms with Crippen molar-refractivity contribution in [2.24, 2.45) is 4.99 Å². The van der Waals surface area contributed by atoms with Crippen molar-refractivity contribution in [2.45, 2.75) is 57.9 Å². The van der Waals surface area contributed by atoms with Crippen LogP contribution in [0.25, 0.3) is 5.57 Å². The van der Waals surface area contributed by atoms with Gasteiger partial charge in [-0.3, -0.25) is 14.6 Å². The van der Waals surface area contributed by atoms with Crippen molar-refractivity contribution in [3.05, 3.63) is 86.9 Å². The van der Waals surface area contributed by atoms with Gasteiger partial charge < -0.3 is 15.3 Å². The van der Waals surface area contributed by atoms with Crippen LogP contribution in [0.15, 0.2) is 53.5 Å². The van der Waals surface area contributed by atoms with Crippen LogP contribution >= 0.6 is 0 Å². The van der Waals surface area contributed by atoms with Crippen molar-refractivity contribution in [3.63, 3.8) is 0 Å². The largest absolute Gasteiger partial charge is 0.481 e. The molecule has 3 aromatic rings. The molecule has 0 aromatic heterocycles. The van der Waals surface area contributed by atoms with Crippen LogP contribution < -0.4 is 26.3 Å². The van der Waals surface area contributed by atoms with Gasteiger partial charge in [-0.25, -0.2) is 0 Å². The minimum Gasteiger partial charge on any atom is -0.481 e. The Balaban J connectivity index is 1.58. The monoisotopic (exact) mass is 565 g/mol. The van der Waals surface area contributed by atoms with Gasteiger partial charge in [-0.1, -0.05) is 24.7 Å². The number of aryl methyl sites for hydroxylation is 2. The van der Waals surface area contributed by atoms with E-state index in [9.17, 15) is 9.59 Å². The number of fused-ring (bicyclic) bond motifs is 4. The summed E-state index contributed by atoms with van der Waals surface area (Å²) in [5.74, 6) is -0.909. The minimum absolute atomic E-state index is 0.0508. The number of carboxylic acid groups (broad SMARTS) is 1. The molecule has 6 nitrogen and oxygen atoms in total. The highest BCUT2D eigenvalue weighted by molar-refractivity contribution is 6.85. The molecule has 6 rings (SSSR count). The Labute approximate surface area is 243 Å². The molecule has 0 spiro atoms. The normalized spacial score (nSPS) is 17.4. The fourth-order valence-electron chi connectivity index (χ4n) is 6.73. The van der Waals surface area contributed by atoms with Gasteiger partial charge in [-0.05, 0) is 119 Å². The van der Waals surface area contributed by atoms with Crippen LogP contribution in [0.5, 0.6) is 0 Å². The molecule has 0 saturated heterocycles. The molecule has 2 N–H and O–H groups in total. The number of benzene rings is 3. The molecule has 0 aliphatic carbocycles. The molecule has 0 radical (unpaired) electrons. The lowest BCUT2D eigenvalue weighted by molar-refractivity contribution is -0.137. The lowest BCUT2D eigenvalue weighted by Crippen LogP contribution is -2.54. The maximum atomic E-state index is 13.9. The van der Waals surface area contributed by atoms with Gasteiger partial charge in [0.15, 0.2) is 0 Å². The molecule has 0 bridgehead atoms. The van der Waals surface area contributed by atoms with Gasteiger partial charge in [0.2, 0.25) is 0 Å². The van der Waals surface area contributed by atoms with Crippen LogP contribution in [0.4, 0.5) is 5.69 Å². The van der Waals surface area contributed by atoms with Gasteiger partial charge in [-0.2, -0.15) is 0 Å². The number of nitrogens with zero attached hydrogens (tertiary/aromatic N) is 2. The molecule has 0 fully saturated rings. The average molecular weight is 566 g/mol. The Hall–Kier alpha value is -3.71. The Morgan fingerprint density at radius 3 is 2.63 bits per heavy atom. The minimum atomic E-state index is -1.54. The molecule has 3 aliphatic heterocycles. The molecule has 1 amide bonds. The summed E-state index contributed by atoms with van der Waals surface area (Å²) < 4.78 is 0. The van der Waals surface area contributed by atoms with Crippen molar-refractivity contribution >= 4 is 42.3 Å². The van der Waals surface area contributed by atoms with Gasteiger partial charge in [0, 0.05) is 44.4 Å². The first kappa shape index (κ1) is 27.5. The van der Waals surface area contributed by atoms with Crippen molar-refractivity contribution in [1.29, 1.82) is 0 Å². The van der Waals surface area contributed by atoms with E-state index in [1.54, 1.807) is 11.9 Å². The summed E-state index contributed by atoms with van der Waals surface area (Å²) in [6.07, 6.45) is 7.17. The van der Waals surface area contributed by atoms with E-state index in [2.05, 4.69) is 42.2 Å². The summed E-state index contributed by atoms with van der Waals surface area (Å²) in [5.41, 5.74) is 8.00. The maximum absolute atomic E-state index is 13.9. The summed E-state index contributed by atoms with van der Waals surface area (Å²) in [6, 6.07) is 17.6. The molecular weight excluding hydrogens is 526 g/mol. The molecule has 3 aliphatic rings. The Kier molecular flexibility index (Phi) is 7.80. The zero-order chi connectivity index (χ0) is 28.5. The van der Waals surface area contributed by atoms with Gasteiger partial charge in [-0.15, -0.1) is 0 Å². The lowest BCUT2D eigenvalue weighted by Gasteiger charge is -2.29. The molecule has 0 unspecified atom stereocenters. The second-order valence-electron chi connectivity index (χ2n) is 11.8. The second-order valence-corrected chi connectivity index (χ2v) is 14.4. The van der Waals surface area contributed by atoms with E-state index in [-0.39, 0.29) is 12.3 Å². The number of nitrogens with one attached hydrogen (secondary N) is 1. The highest BCUT2D eigenvalue weighted by Crippen LogP contribution is 2.31. The van der Waals surface area contributed by atoms with Gasteiger partial charge in [0.25, 0.3) is 5.91 Å². The van der Waals surface area contributed by atoms with E-state index in [1.165, 1.54) is 50.8 Å². The number of carboxylic acids is 1. The molecule has 212 valence electrons. The second kappa shape index (κ2) is 11.6. The average Bonchev–Trinajstić information content (AvgIpc) is 3.35. The third-order valence-electron chi connectivity index (χ3n) is 8.98. The van der Waals surface area contributed by atoms with Gasteiger partial charge in [0.1, 0.15) is 8.80 Å². The van der Waals surface area contributed by atoms with E-state index >= 15 is 0 Å². The fourth-order valence-corrected chi connectivity index (χ4v) is 9.28. The summed E-state index contributed by atoms with van der Waals surface area (Å²) in [6.45, 7) is 4.73. The van der Waals surface area contributed by atoms with Crippen molar-refractivity contribution in [2.75, 3.05) is 32.0 Å². The third-order valence-corrected chi connectivity index (χ3v) is 11.8. The molecule has 41 heavy (non-hydrogen) atoms. The molecule has 7 heteroatoms. The number of hydrogen-bond acceptors (Lipinski definition) is 4. The molecule has 0 saturated carbocycles. The van der Waals surface area contributed by atoms with E-state index in [0.717, 1.165) is 55.3 Å². The third kappa shape index (κ3) is 5.35. The molecule has 1 atom stereocenters. The van der Waals surface area contributed by atoms with Gasteiger partial charge >= 0.3 is 5.97 Å². The number of rotatable bonds is 6. The van der Waals surface area contributed by atoms with Crippen LogP contribution in [-0.2, 0) is 17.6 Å². The van der Waals surface area contributed by atoms with Crippen LogP contribution in [0.1, 0.15) is 71.1 Å². The van der Waals surface area contributed by atoms with E-state index in [1.807, 2.05) is 18.2 Å². The summed E-state index contributed by atoms with van der Waals surface area (Å²) in [7, 11) is 0.236. The molecule has 3 heterocycles. The quantitative estimate of drug-likeness (QED) is 0.451. The highest BCUT2D eigenvalue weighted by Gasteiger charge is 2.30. The Bertz CT molecular complexity index is 1650. The van der Waals surface area contributed by atoms with Crippen molar-refractivity contribution in [3.8, 4) is 0 Å². The Morgan fingerprint density at radius 2 is 1.78 bits per heavy atom. The number of amides is 1. The van der Waals surface area contributed by atoms with E-state index < -0.39 is 14.8 Å². The van der Waals surface area contributed by atoms with E-state index in [0.29, 0.717) is 18.5 Å². The summed E-state index contributed by atoms with van der Waals surface area (Å²) in [5, 5.41) is 18.0. The van der Waals surface area contributed by atoms with Crippen LogP contribution in [0.2, 0.25) is 6.55 Å². The number of hydrogen-bond donors (Lipinski definition) is 2. The number of anilines is 1. The van der Waals surface area contributed by atoms with E-state index in [4.69, 9.17) is 10.1 Å². The van der Waals surface area contributed by atoms with Crippen LogP contribution in [0.3, 0.4) is 0 Å². The SMILES string of the molecule is CN(CCCC(=O)O)C(=O)c1ccccc1C1=c2cc3c(cc2[Si@@H](C)c2cc4c(cc21)CCCCN4)=NCCCC3. The summed E-state index contributed by atoms with van der Waals surface area (Å²) in [4.78, 5) is 31.6. The lowest BCUT2D eigenvalue weighted by atomic mass is 9.88. The maximum Gasteiger partial charge on any atom is 0.303 e. The predicted octanol–water partition coefficient (Wildman–Crippen LogP) is 2.86.